The predicted molar refractivity (Wildman–Crippen MR) is 49.1 cm³/mol. The van der Waals surface area contributed by atoms with Crippen LogP contribution in [0.15, 0.2) is 0 Å². The highest BCUT2D eigenvalue weighted by molar-refractivity contribution is 6.20. The van der Waals surface area contributed by atoms with Gasteiger partial charge in [0, 0.05) is 24.8 Å². The smallest absolute Gasteiger partial charge is 0.302 e. The first-order chi connectivity index (χ1) is 6.58. The van der Waals surface area contributed by atoms with Crippen LogP contribution in [0.1, 0.15) is 26.2 Å². The maximum absolute atomic E-state index is 11.6. The third-order valence-corrected chi connectivity index (χ3v) is 3.32. The molecular weight excluding hydrogens is 206 g/mol. The third-order valence-electron chi connectivity index (χ3n) is 2.96. The minimum Gasteiger partial charge on any atom is -0.461 e. The predicted octanol–water partition coefficient (Wildman–Crippen LogP) is 1.11. The second-order valence-electron chi connectivity index (χ2n) is 4.03. The molecule has 2 heterocycles. The first-order valence-electron chi connectivity index (χ1n) is 4.84. The number of halogens is 1. The van der Waals surface area contributed by atoms with Gasteiger partial charge in [0.1, 0.15) is 6.10 Å². The number of rotatable bonds is 1. The molecule has 0 amide bonds. The monoisotopic (exact) mass is 218 g/mol. The van der Waals surface area contributed by atoms with E-state index in [9.17, 15) is 10.0 Å². The summed E-state index contributed by atoms with van der Waals surface area (Å²) < 4.78 is 5.10. The Morgan fingerprint density at radius 3 is 2.79 bits per heavy atom. The number of hydrogen-bond donors (Lipinski definition) is 0. The van der Waals surface area contributed by atoms with Crippen molar-refractivity contribution in [2.24, 2.45) is 0 Å². The van der Waals surface area contributed by atoms with Crippen LogP contribution in [0.25, 0.3) is 0 Å². The molecule has 14 heavy (non-hydrogen) atoms. The van der Waals surface area contributed by atoms with Gasteiger partial charge in [0.05, 0.1) is 6.04 Å². The summed E-state index contributed by atoms with van der Waals surface area (Å²) in [6.07, 6.45) is 1.72. The minimum atomic E-state index is -0.318. The quantitative estimate of drug-likeness (QED) is 0.489. The molecule has 4 nitrogen and oxygen atoms in total. The summed E-state index contributed by atoms with van der Waals surface area (Å²) in [4.78, 5) is 10.8. The zero-order valence-electron chi connectivity index (χ0n) is 7.98. The lowest BCUT2D eigenvalue weighted by Gasteiger charge is -2.30. The van der Waals surface area contributed by atoms with Gasteiger partial charge in [-0.25, -0.2) is 0 Å². The molecule has 0 unspecified atom stereocenters. The molecule has 2 fully saturated rings. The van der Waals surface area contributed by atoms with Gasteiger partial charge in [0.15, 0.2) is 0 Å². The Labute approximate surface area is 87.7 Å². The molecule has 2 bridgehead atoms. The fraction of sp³-hybridized carbons (Fsp3) is 0.889. The van der Waals surface area contributed by atoms with Gasteiger partial charge in [-0.05, 0) is 12.8 Å². The van der Waals surface area contributed by atoms with Crippen molar-refractivity contribution >= 4 is 17.6 Å². The molecule has 2 saturated heterocycles. The Balaban J connectivity index is 2.05. The van der Waals surface area contributed by atoms with E-state index < -0.39 is 0 Å². The second kappa shape index (κ2) is 3.68. The molecule has 1 radical (unpaired) electrons. The molecule has 4 atom stereocenters. The number of hydroxylamine groups is 2. The maximum Gasteiger partial charge on any atom is 0.302 e. The van der Waals surface area contributed by atoms with Gasteiger partial charge in [-0.15, -0.1) is 21.9 Å². The Morgan fingerprint density at radius 2 is 2.14 bits per heavy atom. The van der Waals surface area contributed by atoms with Crippen molar-refractivity contribution in [1.29, 1.82) is 0 Å². The zero-order valence-corrected chi connectivity index (χ0v) is 8.74. The van der Waals surface area contributed by atoms with E-state index in [0.29, 0.717) is 19.3 Å². The Bertz CT molecular complexity index is 248. The van der Waals surface area contributed by atoms with E-state index in [4.69, 9.17) is 16.3 Å². The van der Waals surface area contributed by atoms with Crippen molar-refractivity contribution in [2.75, 3.05) is 0 Å². The second-order valence-corrected chi connectivity index (χ2v) is 4.65. The number of nitrogens with zero attached hydrogens (tertiary/aromatic N) is 1. The SMILES string of the molecule is CC(=O)O[C@@H]1C[C@H]2C[C@H](Cl)C[C@@H]1N2[O]. The van der Waals surface area contributed by atoms with Crippen molar-refractivity contribution in [3.05, 3.63) is 0 Å². The minimum absolute atomic E-state index is 0.0516. The molecular formula is C9H13ClNO3. The van der Waals surface area contributed by atoms with Crippen LogP contribution in [0.4, 0.5) is 0 Å². The Hall–Kier alpha value is -0.320. The molecule has 79 valence electrons. The summed E-state index contributed by atoms with van der Waals surface area (Å²) in [5, 5.41) is 12.7. The topological polar surface area (TPSA) is 49.4 Å². The van der Waals surface area contributed by atoms with Gasteiger partial charge in [0.2, 0.25) is 0 Å². The van der Waals surface area contributed by atoms with Crippen molar-refractivity contribution < 1.29 is 14.7 Å². The Morgan fingerprint density at radius 1 is 1.43 bits per heavy atom. The summed E-state index contributed by atoms with van der Waals surface area (Å²) in [6.45, 7) is 1.37. The Kier molecular flexibility index (Phi) is 2.68. The molecule has 0 aliphatic carbocycles. The van der Waals surface area contributed by atoms with Crippen LogP contribution in [0.5, 0.6) is 0 Å². The summed E-state index contributed by atoms with van der Waals surface area (Å²) in [5.74, 6) is -0.318. The van der Waals surface area contributed by atoms with Gasteiger partial charge in [0.25, 0.3) is 0 Å². The number of carbonyl (C=O) groups excluding carboxylic acids is 1. The lowest BCUT2D eigenvalue weighted by molar-refractivity contribution is -0.214. The molecule has 0 aromatic carbocycles. The number of ether oxygens (including phenoxy) is 1. The molecule has 0 aromatic rings. The number of carbonyl (C=O) groups is 1. The molecule has 2 rings (SSSR count). The first-order valence-corrected chi connectivity index (χ1v) is 5.28. The third kappa shape index (κ3) is 1.74. The van der Waals surface area contributed by atoms with Crippen LogP contribution in [0.2, 0.25) is 0 Å². The average molecular weight is 219 g/mol. The highest BCUT2D eigenvalue weighted by atomic mass is 35.5. The fourth-order valence-corrected chi connectivity index (χ4v) is 2.80. The number of hydrogen-bond acceptors (Lipinski definition) is 3. The lowest BCUT2D eigenvalue weighted by Crippen LogP contribution is -2.43. The highest BCUT2D eigenvalue weighted by Crippen LogP contribution is 2.38. The van der Waals surface area contributed by atoms with E-state index in [-0.39, 0.29) is 29.5 Å². The van der Waals surface area contributed by atoms with Crippen molar-refractivity contribution in [3.8, 4) is 0 Å². The van der Waals surface area contributed by atoms with E-state index in [1.54, 1.807) is 0 Å². The molecule has 0 spiro atoms. The summed E-state index contributed by atoms with van der Waals surface area (Å²) >= 11 is 6.01. The fourth-order valence-electron chi connectivity index (χ4n) is 2.41. The molecule has 2 aliphatic rings. The summed E-state index contributed by atoms with van der Waals surface area (Å²) in [6, 6.07) is -0.277. The molecule has 0 aromatic heterocycles. The summed E-state index contributed by atoms with van der Waals surface area (Å²) in [7, 11) is 0. The normalized spacial score (nSPS) is 42.5. The number of esters is 1. The van der Waals surface area contributed by atoms with Crippen LogP contribution in [0.3, 0.4) is 0 Å². The van der Waals surface area contributed by atoms with Gasteiger partial charge < -0.3 is 4.74 Å². The molecule has 0 saturated carbocycles. The van der Waals surface area contributed by atoms with Crippen LogP contribution >= 0.6 is 11.6 Å². The number of piperidine rings is 1. The van der Waals surface area contributed by atoms with E-state index >= 15 is 0 Å². The van der Waals surface area contributed by atoms with Crippen LogP contribution < -0.4 is 0 Å². The molecule has 0 N–H and O–H groups in total. The first kappa shape index (κ1) is 10.2. The van der Waals surface area contributed by atoms with Crippen molar-refractivity contribution in [1.82, 2.24) is 5.06 Å². The van der Waals surface area contributed by atoms with Gasteiger partial charge in [-0.2, -0.15) is 0 Å². The van der Waals surface area contributed by atoms with E-state index in [2.05, 4.69) is 0 Å². The van der Waals surface area contributed by atoms with Crippen LogP contribution in [-0.4, -0.2) is 34.6 Å². The largest absolute Gasteiger partial charge is 0.461 e. The molecule has 2 aliphatic heterocycles. The van der Waals surface area contributed by atoms with Crippen LogP contribution in [0, 0.1) is 0 Å². The molecule has 5 heteroatoms. The van der Waals surface area contributed by atoms with Crippen molar-refractivity contribution in [2.45, 2.75) is 49.8 Å². The van der Waals surface area contributed by atoms with Gasteiger partial charge in [-0.1, -0.05) is 0 Å². The van der Waals surface area contributed by atoms with Gasteiger partial charge >= 0.3 is 5.97 Å². The van der Waals surface area contributed by atoms with E-state index in [1.165, 1.54) is 6.92 Å². The number of fused-ring (bicyclic) bond motifs is 2. The summed E-state index contributed by atoms with van der Waals surface area (Å²) in [5.41, 5.74) is 0. The number of alkyl halides is 1. The maximum atomic E-state index is 11.6. The lowest BCUT2D eigenvalue weighted by atomic mass is 10.0. The average Bonchev–Trinajstić information content (AvgIpc) is 2.30. The van der Waals surface area contributed by atoms with Gasteiger partial charge in [-0.3, -0.25) is 4.79 Å². The zero-order chi connectivity index (χ0) is 10.3. The van der Waals surface area contributed by atoms with E-state index in [0.717, 1.165) is 5.06 Å². The van der Waals surface area contributed by atoms with Crippen molar-refractivity contribution in [3.63, 3.8) is 0 Å². The highest BCUT2D eigenvalue weighted by Gasteiger charge is 2.48. The standard InChI is InChI=1S/C9H13ClNO3/c1-5(12)14-9-4-7-2-6(10)3-8(9)11(7)13/h6-9H,2-4H2,1H3/t6-,7+,8-,9+/m0/s1. The van der Waals surface area contributed by atoms with Crippen LogP contribution in [-0.2, 0) is 14.7 Å². The van der Waals surface area contributed by atoms with E-state index in [1.807, 2.05) is 0 Å².